The zero-order chi connectivity index (χ0) is 39.9. The lowest BCUT2D eigenvalue weighted by atomic mass is 9.94. The summed E-state index contributed by atoms with van der Waals surface area (Å²) in [6.45, 7) is 6.62. The summed E-state index contributed by atoms with van der Waals surface area (Å²) >= 11 is 6.40. The van der Waals surface area contributed by atoms with Gasteiger partial charge in [0.2, 0.25) is 5.91 Å². The van der Waals surface area contributed by atoms with Crippen LogP contribution in [-0.2, 0) is 4.79 Å². The third-order valence-corrected chi connectivity index (χ3v) is 13.1. The van der Waals surface area contributed by atoms with Crippen LogP contribution < -0.4 is 25.3 Å². The standard InChI is InChI=1S/C44H47ClFN9O3/c45-35-6-7-39(42-41(35)29(25-47)26-48-42)53-20-10-30(11-21-53)49-43(57)33-5-4-32(24-36(33)46)52-18-8-28(9-19-52)27-51-16-12-31(13-17-51)54-22-14-34-37(54)2-1-3-38(34)55-23-15-40(56)50-44(55)58/h1-7,14,22,24,26,28,30-31,48H,8-13,15-21,23,27H2,(H,49,57)(H,50,56,58). The SMILES string of the molecule is N#Cc1c[nH]c2c(N3CCC(NC(=O)c4ccc(N5CCC(CN6CCC(n7ccc8c(N9CCC(=O)NC9=O)cccc87)CC6)CC5)cc4F)CC3)ccc(Cl)c12. The molecule has 4 saturated heterocycles. The summed E-state index contributed by atoms with van der Waals surface area (Å²) in [5, 5.41) is 17.3. The highest BCUT2D eigenvalue weighted by Crippen LogP contribution is 2.36. The van der Waals surface area contributed by atoms with Gasteiger partial charge >= 0.3 is 6.03 Å². The molecule has 3 aromatic carbocycles. The number of hydrogen-bond acceptors (Lipinski definition) is 7. The van der Waals surface area contributed by atoms with Crippen molar-refractivity contribution in [3.8, 4) is 6.07 Å². The average molecular weight is 804 g/mol. The zero-order valence-corrected chi connectivity index (χ0v) is 33.1. The van der Waals surface area contributed by atoms with Crippen LogP contribution in [0.2, 0.25) is 5.02 Å². The molecule has 0 aliphatic carbocycles. The Labute approximate surface area is 341 Å². The lowest BCUT2D eigenvalue weighted by Gasteiger charge is -2.39. The number of benzene rings is 3. The molecule has 4 aliphatic rings. The molecule has 0 bridgehead atoms. The molecular weight excluding hydrogens is 757 g/mol. The summed E-state index contributed by atoms with van der Waals surface area (Å²) in [7, 11) is 0. The number of fused-ring (bicyclic) bond motifs is 2. The third kappa shape index (κ3) is 7.35. The summed E-state index contributed by atoms with van der Waals surface area (Å²) in [4.78, 5) is 49.4. The number of anilines is 3. The largest absolute Gasteiger partial charge is 0.371 e. The first-order valence-electron chi connectivity index (χ1n) is 20.5. The molecule has 5 aromatic rings. The van der Waals surface area contributed by atoms with E-state index >= 15 is 4.39 Å². The number of carbonyl (C=O) groups is 3. The fourth-order valence-electron chi connectivity index (χ4n) is 9.60. The van der Waals surface area contributed by atoms with E-state index < -0.39 is 5.82 Å². The van der Waals surface area contributed by atoms with Gasteiger partial charge in [0.25, 0.3) is 5.91 Å². The molecule has 14 heteroatoms. The van der Waals surface area contributed by atoms with Crippen LogP contribution in [0.4, 0.5) is 26.2 Å². The number of H-pyrrole nitrogens is 1. The first kappa shape index (κ1) is 38.0. The molecule has 4 aliphatic heterocycles. The smallest absolute Gasteiger partial charge is 0.328 e. The van der Waals surface area contributed by atoms with Crippen molar-refractivity contribution in [1.82, 2.24) is 25.1 Å². The number of nitriles is 1. The second-order valence-electron chi connectivity index (χ2n) is 16.2. The van der Waals surface area contributed by atoms with E-state index in [1.807, 2.05) is 30.3 Å². The number of nitrogens with zero attached hydrogens (tertiary/aromatic N) is 6. The molecule has 0 saturated carbocycles. The summed E-state index contributed by atoms with van der Waals surface area (Å²) in [6, 6.07) is 19.1. The first-order chi connectivity index (χ1) is 28.2. The molecule has 4 fully saturated rings. The van der Waals surface area contributed by atoms with E-state index in [2.05, 4.69) is 59.3 Å². The number of aromatic amines is 1. The van der Waals surface area contributed by atoms with E-state index in [0.717, 1.165) is 97.3 Å². The van der Waals surface area contributed by atoms with Crippen molar-refractivity contribution in [3.63, 3.8) is 0 Å². The predicted octanol–water partition coefficient (Wildman–Crippen LogP) is 7.19. The first-order valence-corrected chi connectivity index (χ1v) is 20.8. The topological polar surface area (TPSA) is 133 Å². The van der Waals surface area contributed by atoms with Crippen LogP contribution in [0.25, 0.3) is 21.8 Å². The number of imide groups is 1. The Hall–Kier alpha value is -5.58. The Balaban J connectivity index is 0.735. The van der Waals surface area contributed by atoms with Crippen LogP contribution in [0.1, 0.15) is 66.9 Å². The minimum atomic E-state index is -0.499. The van der Waals surface area contributed by atoms with Crippen LogP contribution >= 0.6 is 11.6 Å². The summed E-state index contributed by atoms with van der Waals surface area (Å²) < 4.78 is 17.8. The maximum atomic E-state index is 15.5. The average Bonchev–Trinajstić information content (AvgIpc) is 3.88. The third-order valence-electron chi connectivity index (χ3n) is 12.8. The Kier molecular flexibility index (Phi) is 10.5. The van der Waals surface area contributed by atoms with E-state index in [4.69, 9.17) is 11.6 Å². The number of rotatable bonds is 8. The quantitative estimate of drug-likeness (QED) is 0.151. The van der Waals surface area contributed by atoms with Gasteiger partial charge in [-0.15, -0.1) is 0 Å². The molecular formula is C44H47ClFN9O3. The summed E-state index contributed by atoms with van der Waals surface area (Å²) in [5.41, 5.74) is 5.16. The highest BCUT2D eigenvalue weighted by Gasteiger charge is 2.30. The van der Waals surface area contributed by atoms with Crippen molar-refractivity contribution in [2.24, 2.45) is 5.92 Å². The fraction of sp³-hybridized carbons (Fsp3) is 0.409. The van der Waals surface area contributed by atoms with Crippen LogP contribution in [0, 0.1) is 23.1 Å². The van der Waals surface area contributed by atoms with Crippen molar-refractivity contribution < 1.29 is 18.8 Å². The molecule has 12 nitrogen and oxygen atoms in total. The number of urea groups is 1. The molecule has 2 aromatic heterocycles. The van der Waals surface area contributed by atoms with Crippen molar-refractivity contribution in [1.29, 1.82) is 5.26 Å². The number of carbonyl (C=O) groups excluding carboxylic acids is 3. The molecule has 3 N–H and O–H groups in total. The number of halogens is 2. The number of piperidine rings is 3. The summed E-state index contributed by atoms with van der Waals surface area (Å²) in [6.07, 6.45) is 9.72. The molecule has 0 spiro atoms. The van der Waals surface area contributed by atoms with Gasteiger partial charge in [0.1, 0.15) is 11.9 Å². The molecule has 300 valence electrons. The van der Waals surface area contributed by atoms with Crippen molar-refractivity contribution in [3.05, 3.63) is 89.0 Å². The van der Waals surface area contributed by atoms with E-state index in [1.165, 1.54) is 6.07 Å². The number of aromatic nitrogens is 2. The van der Waals surface area contributed by atoms with Crippen molar-refractivity contribution in [2.45, 2.75) is 57.0 Å². The van der Waals surface area contributed by atoms with Gasteiger partial charge in [-0.2, -0.15) is 5.26 Å². The molecule has 0 unspecified atom stereocenters. The Morgan fingerprint density at radius 3 is 2.41 bits per heavy atom. The van der Waals surface area contributed by atoms with Gasteiger partial charge in [-0.1, -0.05) is 17.7 Å². The van der Waals surface area contributed by atoms with E-state index in [-0.39, 0.29) is 29.5 Å². The van der Waals surface area contributed by atoms with Gasteiger partial charge in [0.15, 0.2) is 0 Å². The summed E-state index contributed by atoms with van der Waals surface area (Å²) in [5.74, 6) is -0.539. The van der Waals surface area contributed by atoms with Gasteiger partial charge in [0.05, 0.1) is 38.6 Å². The second kappa shape index (κ2) is 16.0. The van der Waals surface area contributed by atoms with E-state index in [1.54, 1.807) is 17.2 Å². The number of nitrogens with one attached hydrogen (secondary N) is 3. The zero-order valence-electron chi connectivity index (χ0n) is 32.4. The van der Waals surface area contributed by atoms with Gasteiger partial charge in [0, 0.05) is 99.7 Å². The molecule has 58 heavy (non-hydrogen) atoms. The molecule has 9 rings (SSSR count). The van der Waals surface area contributed by atoms with Gasteiger partial charge < -0.3 is 29.6 Å². The monoisotopic (exact) mass is 803 g/mol. The van der Waals surface area contributed by atoms with Gasteiger partial charge in [-0.25, -0.2) is 9.18 Å². The minimum Gasteiger partial charge on any atom is -0.371 e. The molecule has 4 amide bonds. The Bertz CT molecular complexity index is 2420. The van der Waals surface area contributed by atoms with Gasteiger partial charge in [-0.3, -0.25) is 19.8 Å². The van der Waals surface area contributed by atoms with Crippen LogP contribution in [0.15, 0.2) is 67.0 Å². The minimum absolute atomic E-state index is 0.0686. The maximum absolute atomic E-state index is 15.5. The maximum Gasteiger partial charge on any atom is 0.328 e. The van der Waals surface area contributed by atoms with Gasteiger partial charge in [-0.05, 0) is 93.0 Å². The lowest BCUT2D eigenvalue weighted by molar-refractivity contribution is -0.120. The molecule has 6 heterocycles. The van der Waals surface area contributed by atoms with Crippen molar-refractivity contribution in [2.75, 3.05) is 67.1 Å². The second-order valence-corrected chi connectivity index (χ2v) is 16.6. The number of hydrogen-bond donors (Lipinski definition) is 3. The molecule has 0 atom stereocenters. The highest BCUT2D eigenvalue weighted by molar-refractivity contribution is 6.36. The van der Waals surface area contributed by atoms with E-state index in [9.17, 15) is 19.6 Å². The number of likely N-dealkylation sites (tertiary alicyclic amines) is 1. The predicted molar refractivity (Wildman–Crippen MR) is 224 cm³/mol. The Morgan fingerprint density at radius 2 is 1.67 bits per heavy atom. The normalized spacial score (nSPS) is 19.2. The fourth-order valence-corrected chi connectivity index (χ4v) is 9.85. The number of amides is 4. The lowest BCUT2D eigenvalue weighted by Crippen LogP contribution is -2.49. The van der Waals surface area contributed by atoms with Crippen molar-refractivity contribution >= 4 is 68.3 Å². The van der Waals surface area contributed by atoms with E-state index in [0.29, 0.717) is 61.4 Å². The highest BCUT2D eigenvalue weighted by atomic mass is 35.5. The van der Waals surface area contributed by atoms with Crippen LogP contribution in [0.3, 0.4) is 0 Å². The Morgan fingerprint density at radius 1 is 0.897 bits per heavy atom. The van der Waals surface area contributed by atoms with Crippen LogP contribution in [0.5, 0.6) is 0 Å². The van der Waals surface area contributed by atoms with Crippen LogP contribution in [-0.4, -0.2) is 90.7 Å². The molecule has 0 radical (unpaired) electrons.